The van der Waals surface area contributed by atoms with E-state index in [0.29, 0.717) is 0 Å². The molecule has 1 aliphatic carbocycles. The Bertz CT molecular complexity index is 333. The Morgan fingerprint density at radius 3 is 2.56 bits per heavy atom. The predicted molar refractivity (Wildman–Crippen MR) is 66.6 cm³/mol. The minimum absolute atomic E-state index is 0.187. The van der Waals surface area contributed by atoms with Gasteiger partial charge < -0.3 is 10.5 Å². The second-order valence-corrected chi connectivity index (χ2v) is 5.05. The summed E-state index contributed by atoms with van der Waals surface area (Å²) in [5, 5.41) is 0. The molecular formula is C14H21NO. The van der Waals surface area contributed by atoms with Gasteiger partial charge >= 0.3 is 0 Å². The molecule has 2 rings (SSSR count). The molecule has 1 aromatic rings. The maximum atomic E-state index is 6.09. The SMILES string of the molecule is Cc1ccc(OC2CC(C)CCC2N)cc1. The standard InChI is InChI=1S/C14H21NO/c1-10-3-6-12(7-4-10)16-14-9-11(2)5-8-13(14)15/h3-4,6-7,11,13-14H,5,8-9,15H2,1-2H3. The molecule has 1 aliphatic rings. The average molecular weight is 219 g/mol. The van der Waals surface area contributed by atoms with E-state index in [1.807, 2.05) is 12.1 Å². The fourth-order valence-electron chi connectivity index (χ4n) is 2.28. The molecular weight excluding hydrogens is 198 g/mol. The summed E-state index contributed by atoms with van der Waals surface area (Å²) in [4.78, 5) is 0. The number of hydrogen-bond donors (Lipinski definition) is 1. The van der Waals surface area contributed by atoms with E-state index < -0.39 is 0 Å². The molecule has 0 bridgehead atoms. The largest absolute Gasteiger partial charge is 0.489 e. The lowest BCUT2D eigenvalue weighted by Crippen LogP contribution is -2.43. The number of rotatable bonds is 2. The van der Waals surface area contributed by atoms with E-state index in [1.165, 1.54) is 12.0 Å². The lowest BCUT2D eigenvalue weighted by Gasteiger charge is -2.32. The molecule has 0 radical (unpaired) electrons. The van der Waals surface area contributed by atoms with Crippen LogP contribution >= 0.6 is 0 Å². The Morgan fingerprint density at radius 2 is 1.88 bits per heavy atom. The molecule has 88 valence electrons. The van der Waals surface area contributed by atoms with E-state index in [9.17, 15) is 0 Å². The quantitative estimate of drug-likeness (QED) is 0.830. The van der Waals surface area contributed by atoms with Crippen molar-refractivity contribution in [2.24, 2.45) is 11.7 Å². The number of nitrogens with two attached hydrogens (primary N) is 1. The van der Waals surface area contributed by atoms with Crippen molar-refractivity contribution in [1.29, 1.82) is 0 Å². The Morgan fingerprint density at radius 1 is 1.19 bits per heavy atom. The maximum absolute atomic E-state index is 6.09. The van der Waals surface area contributed by atoms with Crippen molar-refractivity contribution in [1.82, 2.24) is 0 Å². The number of hydrogen-bond acceptors (Lipinski definition) is 2. The molecule has 0 spiro atoms. The van der Waals surface area contributed by atoms with Crippen LogP contribution in [0.4, 0.5) is 0 Å². The molecule has 0 aromatic heterocycles. The summed E-state index contributed by atoms with van der Waals surface area (Å²) >= 11 is 0. The van der Waals surface area contributed by atoms with Gasteiger partial charge in [-0.2, -0.15) is 0 Å². The van der Waals surface area contributed by atoms with E-state index in [-0.39, 0.29) is 12.1 Å². The third-order valence-electron chi connectivity index (χ3n) is 3.41. The van der Waals surface area contributed by atoms with Crippen LogP contribution in [0.3, 0.4) is 0 Å². The minimum atomic E-state index is 0.187. The maximum Gasteiger partial charge on any atom is 0.119 e. The monoisotopic (exact) mass is 219 g/mol. The fraction of sp³-hybridized carbons (Fsp3) is 0.571. The normalized spacial score (nSPS) is 30.1. The van der Waals surface area contributed by atoms with E-state index in [2.05, 4.69) is 26.0 Å². The van der Waals surface area contributed by atoms with Gasteiger partial charge in [0, 0.05) is 6.04 Å². The minimum Gasteiger partial charge on any atom is -0.489 e. The van der Waals surface area contributed by atoms with E-state index in [4.69, 9.17) is 10.5 Å². The summed E-state index contributed by atoms with van der Waals surface area (Å²) in [7, 11) is 0. The molecule has 0 saturated heterocycles. The van der Waals surface area contributed by atoms with Gasteiger partial charge in [0.15, 0.2) is 0 Å². The second-order valence-electron chi connectivity index (χ2n) is 5.05. The van der Waals surface area contributed by atoms with Crippen molar-refractivity contribution in [3.05, 3.63) is 29.8 Å². The molecule has 0 aliphatic heterocycles. The first-order valence-corrected chi connectivity index (χ1v) is 6.14. The van der Waals surface area contributed by atoms with Crippen LogP contribution in [0.15, 0.2) is 24.3 Å². The van der Waals surface area contributed by atoms with E-state index in [1.54, 1.807) is 0 Å². The van der Waals surface area contributed by atoms with Crippen molar-refractivity contribution in [3.8, 4) is 5.75 Å². The van der Waals surface area contributed by atoms with E-state index in [0.717, 1.165) is 24.5 Å². The highest BCUT2D eigenvalue weighted by molar-refractivity contribution is 5.26. The van der Waals surface area contributed by atoms with Crippen LogP contribution < -0.4 is 10.5 Å². The zero-order valence-corrected chi connectivity index (χ0v) is 10.1. The van der Waals surface area contributed by atoms with Crippen molar-refractivity contribution in [2.45, 2.75) is 45.3 Å². The van der Waals surface area contributed by atoms with Crippen LogP contribution in [0.5, 0.6) is 5.75 Å². The Labute approximate surface area is 97.8 Å². The molecule has 0 amide bonds. The fourth-order valence-corrected chi connectivity index (χ4v) is 2.28. The van der Waals surface area contributed by atoms with Crippen molar-refractivity contribution < 1.29 is 4.74 Å². The predicted octanol–water partition coefficient (Wildman–Crippen LogP) is 2.89. The summed E-state index contributed by atoms with van der Waals surface area (Å²) in [6.07, 6.45) is 3.58. The van der Waals surface area contributed by atoms with E-state index >= 15 is 0 Å². The third kappa shape index (κ3) is 2.76. The summed E-state index contributed by atoms with van der Waals surface area (Å²) in [5.74, 6) is 1.68. The second kappa shape index (κ2) is 4.88. The lowest BCUT2D eigenvalue weighted by molar-refractivity contribution is 0.108. The van der Waals surface area contributed by atoms with Gasteiger partial charge in [-0.25, -0.2) is 0 Å². The van der Waals surface area contributed by atoms with Crippen LogP contribution in [0.1, 0.15) is 31.7 Å². The van der Waals surface area contributed by atoms with Crippen LogP contribution in [0.2, 0.25) is 0 Å². The number of aryl methyl sites for hydroxylation is 1. The summed E-state index contributed by atoms with van der Waals surface area (Å²) in [6.45, 7) is 4.36. The first kappa shape index (κ1) is 11.5. The van der Waals surface area contributed by atoms with Crippen LogP contribution in [-0.2, 0) is 0 Å². The third-order valence-corrected chi connectivity index (χ3v) is 3.41. The Hall–Kier alpha value is -1.02. The molecule has 2 heteroatoms. The average Bonchev–Trinajstić information content (AvgIpc) is 2.27. The lowest BCUT2D eigenvalue weighted by atomic mass is 9.85. The molecule has 1 saturated carbocycles. The van der Waals surface area contributed by atoms with Crippen LogP contribution in [-0.4, -0.2) is 12.1 Å². The highest BCUT2D eigenvalue weighted by Crippen LogP contribution is 2.26. The highest BCUT2D eigenvalue weighted by Gasteiger charge is 2.27. The summed E-state index contributed by atoms with van der Waals surface area (Å²) in [6, 6.07) is 8.40. The Balaban J connectivity index is 2.00. The summed E-state index contributed by atoms with van der Waals surface area (Å²) < 4.78 is 5.97. The van der Waals surface area contributed by atoms with Gasteiger partial charge in [0.1, 0.15) is 11.9 Å². The molecule has 1 aromatic carbocycles. The number of ether oxygens (including phenoxy) is 1. The van der Waals surface area contributed by atoms with Gasteiger partial charge in [0.05, 0.1) is 0 Å². The molecule has 3 unspecified atom stereocenters. The highest BCUT2D eigenvalue weighted by atomic mass is 16.5. The molecule has 2 nitrogen and oxygen atoms in total. The van der Waals surface area contributed by atoms with Gasteiger partial charge in [0.25, 0.3) is 0 Å². The zero-order chi connectivity index (χ0) is 11.5. The van der Waals surface area contributed by atoms with Crippen molar-refractivity contribution >= 4 is 0 Å². The van der Waals surface area contributed by atoms with Gasteiger partial charge in [-0.15, -0.1) is 0 Å². The van der Waals surface area contributed by atoms with Gasteiger partial charge in [-0.05, 0) is 44.2 Å². The van der Waals surface area contributed by atoms with Crippen molar-refractivity contribution in [3.63, 3.8) is 0 Å². The van der Waals surface area contributed by atoms with Crippen LogP contribution in [0, 0.1) is 12.8 Å². The molecule has 1 fully saturated rings. The molecule has 2 N–H and O–H groups in total. The zero-order valence-electron chi connectivity index (χ0n) is 10.1. The first-order valence-electron chi connectivity index (χ1n) is 6.14. The van der Waals surface area contributed by atoms with Crippen molar-refractivity contribution in [2.75, 3.05) is 0 Å². The topological polar surface area (TPSA) is 35.2 Å². The van der Waals surface area contributed by atoms with Gasteiger partial charge in [-0.1, -0.05) is 24.6 Å². The first-order chi connectivity index (χ1) is 7.65. The van der Waals surface area contributed by atoms with Gasteiger partial charge in [0.2, 0.25) is 0 Å². The smallest absolute Gasteiger partial charge is 0.119 e. The molecule has 16 heavy (non-hydrogen) atoms. The molecule has 0 heterocycles. The Kier molecular flexibility index (Phi) is 3.49. The van der Waals surface area contributed by atoms with Crippen LogP contribution in [0.25, 0.3) is 0 Å². The number of benzene rings is 1. The van der Waals surface area contributed by atoms with Gasteiger partial charge in [-0.3, -0.25) is 0 Å². The molecule has 3 atom stereocenters. The summed E-state index contributed by atoms with van der Waals surface area (Å²) in [5.41, 5.74) is 7.35.